The summed E-state index contributed by atoms with van der Waals surface area (Å²) in [5, 5.41) is 3.58. The van der Waals surface area contributed by atoms with Gasteiger partial charge in [-0.1, -0.05) is 30.3 Å². The zero-order valence-corrected chi connectivity index (χ0v) is 15.6. The molecule has 0 atom stereocenters. The van der Waals surface area contributed by atoms with Gasteiger partial charge in [-0.2, -0.15) is 0 Å². The van der Waals surface area contributed by atoms with Crippen molar-refractivity contribution in [2.24, 2.45) is 0 Å². The molecular weight excluding hydrogens is 370 g/mol. The first-order valence-corrected chi connectivity index (χ1v) is 9.19. The summed E-state index contributed by atoms with van der Waals surface area (Å²) in [7, 11) is 0. The van der Waals surface area contributed by atoms with E-state index in [0.29, 0.717) is 24.3 Å². The molecule has 0 saturated heterocycles. The lowest BCUT2D eigenvalue weighted by Crippen LogP contribution is -2.30. The van der Waals surface area contributed by atoms with Crippen LogP contribution in [0.15, 0.2) is 76.3 Å². The molecule has 4 aromatic rings. The van der Waals surface area contributed by atoms with Crippen LogP contribution in [0.2, 0.25) is 0 Å². The number of benzene rings is 2. The third kappa shape index (κ3) is 4.52. The number of H-pyrrole nitrogens is 1. The third-order valence-corrected chi connectivity index (χ3v) is 4.44. The van der Waals surface area contributed by atoms with Gasteiger partial charge in [0.1, 0.15) is 11.3 Å². The third-order valence-electron chi connectivity index (χ3n) is 4.44. The molecule has 2 aromatic carbocycles. The van der Waals surface area contributed by atoms with Crippen LogP contribution >= 0.6 is 0 Å². The summed E-state index contributed by atoms with van der Waals surface area (Å²) in [6.45, 7) is 0.356. The molecule has 2 aromatic heterocycles. The fraction of sp³-hybridized carbons (Fsp3) is 0.136. The van der Waals surface area contributed by atoms with Gasteiger partial charge in [-0.3, -0.25) is 4.79 Å². The summed E-state index contributed by atoms with van der Waals surface area (Å²) in [6, 6.07) is 16.3. The maximum Gasteiger partial charge on any atom is 0.336 e. The van der Waals surface area contributed by atoms with E-state index in [9.17, 15) is 9.59 Å². The number of hydrogen-bond acceptors (Lipinski definition) is 5. The highest BCUT2D eigenvalue weighted by molar-refractivity contribution is 5.93. The average molecular weight is 389 g/mol. The van der Waals surface area contributed by atoms with Crippen molar-refractivity contribution in [3.05, 3.63) is 83.2 Å². The van der Waals surface area contributed by atoms with Crippen molar-refractivity contribution >= 4 is 16.9 Å². The lowest BCUT2D eigenvalue weighted by molar-refractivity contribution is -0.123. The van der Waals surface area contributed by atoms with Crippen LogP contribution in [0.4, 0.5) is 0 Å². The number of imidazole rings is 1. The van der Waals surface area contributed by atoms with Crippen LogP contribution in [0.25, 0.3) is 22.1 Å². The van der Waals surface area contributed by atoms with Crippen molar-refractivity contribution in [2.45, 2.75) is 6.42 Å². The summed E-state index contributed by atoms with van der Waals surface area (Å²) in [4.78, 5) is 30.9. The number of hydrogen-bond donors (Lipinski definition) is 2. The van der Waals surface area contributed by atoms with Gasteiger partial charge in [-0.25, -0.2) is 9.78 Å². The first-order valence-electron chi connectivity index (χ1n) is 9.19. The normalized spacial score (nSPS) is 10.8. The molecule has 0 spiro atoms. The SMILES string of the molecule is O=C(COc1ccc2c(-c3ccccc3)cc(=O)oc2c1)NCCc1cnc[nH]1. The maximum atomic E-state index is 12.0. The van der Waals surface area contributed by atoms with Crippen LogP contribution in [-0.4, -0.2) is 29.0 Å². The number of aromatic amines is 1. The van der Waals surface area contributed by atoms with Crippen molar-refractivity contribution < 1.29 is 13.9 Å². The molecule has 0 unspecified atom stereocenters. The Hall–Kier alpha value is -3.87. The van der Waals surface area contributed by atoms with Gasteiger partial charge in [0.25, 0.3) is 5.91 Å². The quantitative estimate of drug-likeness (QED) is 0.474. The van der Waals surface area contributed by atoms with Crippen LogP contribution in [0, 0.1) is 0 Å². The second-order valence-electron chi connectivity index (χ2n) is 6.47. The average Bonchev–Trinajstić information content (AvgIpc) is 3.25. The summed E-state index contributed by atoms with van der Waals surface area (Å²) in [6.07, 6.45) is 3.98. The molecular formula is C22H19N3O4. The first-order chi connectivity index (χ1) is 14.2. The van der Waals surface area contributed by atoms with Crippen LogP contribution < -0.4 is 15.7 Å². The van der Waals surface area contributed by atoms with E-state index in [2.05, 4.69) is 15.3 Å². The number of carbonyl (C=O) groups is 1. The molecule has 7 nitrogen and oxygen atoms in total. The Morgan fingerprint density at radius 3 is 2.79 bits per heavy atom. The topological polar surface area (TPSA) is 97.2 Å². The van der Waals surface area contributed by atoms with E-state index in [1.165, 1.54) is 6.07 Å². The molecule has 0 aliphatic heterocycles. The lowest BCUT2D eigenvalue weighted by atomic mass is 10.0. The molecule has 0 fully saturated rings. The molecule has 0 aliphatic rings. The molecule has 7 heteroatoms. The standard InChI is InChI=1S/C22H19N3O4/c26-21(24-9-8-16-12-23-14-25-16)13-28-17-6-7-18-19(15-4-2-1-3-5-15)11-22(27)29-20(18)10-17/h1-7,10-12,14H,8-9,13H2,(H,23,25)(H,24,26). The maximum absolute atomic E-state index is 12.0. The molecule has 1 amide bonds. The summed E-state index contributed by atoms with van der Waals surface area (Å²) >= 11 is 0. The second kappa shape index (κ2) is 8.43. The van der Waals surface area contributed by atoms with Gasteiger partial charge in [-0.15, -0.1) is 0 Å². The minimum atomic E-state index is -0.440. The molecule has 29 heavy (non-hydrogen) atoms. The number of amides is 1. The van der Waals surface area contributed by atoms with Gasteiger partial charge in [0.2, 0.25) is 0 Å². The number of ether oxygens (including phenoxy) is 1. The molecule has 0 radical (unpaired) electrons. The second-order valence-corrected chi connectivity index (χ2v) is 6.47. The highest BCUT2D eigenvalue weighted by Gasteiger charge is 2.10. The number of aromatic nitrogens is 2. The van der Waals surface area contributed by atoms with Crippen molar-refractivity contribution in [1.82, 2.24) is 15.3 Å². The van der Waals surface area contributed by atoms with E-state index in [0.717, 1.165) is 22.2 Å². The summed E-state index contributed by atoms with van der Waals surface area (Å²) in [5.41, 5.74) is 2.64. The number of nitrogens with one attached hydrogen (secondary N) is 2. The molecule has 0 bridgehead atoms. The first kappa shape index (κ1) is 18.5. The highest BCUT2D eigenvalue weighted by atomic mass is 16.5. The van der Waals surface area contributed by atoms with Gasteiger partial charge >= 0.3 is 5.63 Å². The molecule has 2 N–H and O–H groups in total. The van der Waals surface area contributed by atoms with E-state index in [4.69, 9.17) is 9.15 Å². The Morgan fingerprint density at radius 1 is 1.14 bits per heavy atom. The molecule has 0 aliphatic carbocycles. The van der Waals surface area contributed by atoms with Crippen molar-refractivity contribution in [2.75, 3.05) is 13.2 Å². The van der Waals surface area contributed by atoms with Crippen molar-refractivity contribution in [3.8, 4) is 16.9 Å². The van der Waals surface area contributed by atoms with Gasteiger partial charge in [0, 0.05) is 42.4 Å². The number of fused-ring (bicyclic) bond motifs is 1. The Kier molecular flexibility index (Phi) is 5.38. The Labute approximate surface area is 166 Å². The Morgan fingerprint density at radius 2 is 2.00 bits per heavy atom. The Bertz CT molecular complexity index is 1170. The van der Waals surface area contributed by atoms with Crippen LogP contribution in [-0.2, 0) is 11.2 Å². The zero-order valence-electron chi connectivity index (χ0n) is 15.6. The Balaban J connectivity index is 1.44. The summed E-state index contributed by atoms with van der Waals surface area (Å²) in [5.74, 6) is 0.221. The fourth-order valence-electron chi connectivity index (χ4n) is 3.05. The van der Waals surface area contributed by atoms with Crippen LogP contribution in [0.5, 0.6) is 5.75 Å². The van der Waals surface area contributed by atoms with E-state index >= 15 is 0 Å². The number of nitrogens with zero attached hydrogens (tertiary/aromatic N) is 1. The van der Waals surface area contributed by atoms with Gasteiger partial charge in [0.05, 0.1) is 6.33 Å². The zero-order chi connectivity index (χ0) is 20.1. The van der Waals surface area contributed by atoms with Gasteiger partial charge in [0.15, 0.2) is 6.61 Å². The lowest BCUT2D eigenvalue weighted by Gasteiger charge is -2.09. The monoisotopic (exact) mass is 389 g/mol. The minimum absolute atomic E-state index is 0.128. The van der Waals surface area contributed by atoms with Crippen molar-refractivity contribution in [3.63, 3.8) is 0 Å². The van der Waals surface area contributed by atoms with Gasteiger partial charge < -0.3 is 19.5 Å². The van der Waals surface area contributed by atoms with Gasteiger partial charge in [-0.05, 0) is 23.3 Å². The minimum Gasteiger partial charge on any atom is -0.484 e. The smallest absolute Gasteiger partial charge is 0.336 e. The fourth-order valence-corrected chi connectivity index (χ4v) is 3.05. The molecule has 4 rings (SSSR count). The molecule has 146 valence electrons. The largest absolute Gasteiger partial charge is 0.484 e. The molecule has 2 heterocycles. The van der Waals surface area contributed by atoms with Crippen molar-refractivity contribution in [1.29, 1.82) is 0 Å². The highest BCUT2D eigenvalue weighted by Crippen LogP contribution is 2.29. The number of carbonyl (C=O) groups excluding carboxylic acids is 1. The number of rotatable bonds is 7. The van der Waals surface area contributed by atoms with E-state index in [1.54, 1.807) is 24.7 Å². The van der Waals surface area contributed by atoms with E-state index in [-0.39, 0.29) is 12.5 Å². The van der Waals surface area contributed by atoms with Crippen LogP contribution in [0.3, 0.4) is 0 Å². The van der Waals surface area contributed by atoms with E-state index < -0.39 is 5.63 Å². The predicted molar refractivity (Wildman–Crippen MR) is 109 cm³/mol. The predicted octanol–water partition coefficient (Wildman–Crippen LogP) is 2.92. The van der Waals surface area contributed by atoms with E-state index in [1.807, 2.05) is 36.4 Å². The van der Waals surface area contributed by atoms with Crippen LogP contribution in [0.1, 0.15) is 5.69 Å². The summed E-state index contributed by atoms with van der Waals surface area (Å²) < 4.78 is 10.9. The molecule has 0 saturated carbocycles.